The van der Waals surface area contributed by atoms with Gasteiger partial charge in [0.05, 0.1) is 6.20 Å². The van der Waals surface area contributed by atoms with Crippen molar-refractivity contribution in [2.45, 2.75) is 58.9 Å². The summed E-state index contributed by atoms with van der Waals surface area (Å²) in [7, 11) is 0. The molecule has 136 valence electrons. The molecule has 1 aliphatic rings. The molecular weight excluding hydrogens is 314 g/mol. The van der Waals surface area contributed by atoms with Gasteiger partial charge in [0, 0.05) is 50.1 Å². The van der Waals surface area contributed by atoms with Gasteiger partial charge >= 0.3 is 0 Å². The predicted molar refractivity (Wildman–Crippen MR) is 97.3 cm³/mol. The number of likely N-dealkylation sites (tertiary alicyclic amines) is 1. The number of aromatic amines is 1. The lowest BCUT2D eigenvalue weighted by Crippen LogP contribution is -2.40. The van der Waals surface area contributed by atoms with E-state index in [4.69, 9.17) is 0 Å². The zero-order valence-corrected chi connectivity index (χ0v) is 15.5. The molecule has 1 N–H and O–H groups in total. The van der Waals surface area contributed by atoms with E-state index in [2.05, 4.69) is 40.5 Å². The first-order chi connectivity index (χ1) is 12.0. The summed E-state index contributed by atoms with van der Waals surface area (Å²) in [6, 6.07) is 0. The Labute approximate surface area is 149 Å². The second-order valence-corrected chi connectivity index (χ2v) is 7.47. The van der Waals surface area contributed by atoms with Crippen LogP contribution in [0.15, 0.2) is 18.6 Å². The van der Waals surface area contributed by atoms with Crippen LogP contribution >= 0.6 is 0 Å². The highest BCUT2D eigenvalue weighted by molar-refractivity contribution is 5.76. The first-order valence-corrected chi connectivity index (χ1v) is 9.32. The van der Waals surface area contributed by atoms with Gasteiger partial charge in [-0.25, -0.2) is 4.98 Å². The average molecular weight is 343 g/mol. The summed E-state index contributed by atoms with van der Waals surface area (Å²) in [5, 5.41) is 7.20. The molecule has 0 bridgehead atoms. The summed E-state index contributed by atoms with van der Waals surface area (Å²) in [5.74, 6) is 2.21. The van der Waals surface area contributed by atoms with Crippen LogP contribution in [0.2, 0.25) is 0 Å². The maximum Gasteiger partial charge on any atom is 0.224 e. The van der Waals surface area contributed by atoms with Gasteiger partial charge in [-0.2, -0.15) is 5.10 Å². The minimum absolute atomic E-state index is 0.259. The molecule has 1 atom stereocenters. The van der Waals surface area contributed by atoms with Gasteiger partial charge in [-0.05, 0) is 37.7 Å². The Balaban J connectivity index is 1.53. The maximum absolute atomic E-state index is 12.7. The quantitative estimate of drug-likeness (QED) is 0.877. The Morgan fingerprint density at radius 1 is 1.44 bits per heavy atom. The first-order valence-electron chi connectivity index (χ1n) is 9.32. The Kier molecular flexibility index (Phi) is 5.56. The molecule has 6 heteroatoms. The highest BCUT2D eigenvalue weighted by Gasteiger charge is 2.24. The minimum Gasteiger partial charge on any atom is -0.342 e. The number of nitrogens with one attached hydrogen (secondary N) is 1. The van der Waals surface area contributed by atoms with E-state index < -0.39 is 0 Å². The maximum atomic E-state index is 12.7. The lowest BCUT2D eigenvalue weighted by Gasteiger charge is -2.33. The van der Waals surface area contributed by atoms with Crippen molar-refractivity contribution < 1.29 is 4.79 Å². The number of rotatable bonds is 6. The largest absolute Gasteiger partial charge is 0.342 e. The van der Waals surface area contributed by atoms with Crippen molar-refractivity contribution in [3.05, 3.63) is 35.7 Å². The molecule has 0 unspecified atom stereocenters. The molecule has 0 spiro atoms. The average Bonchev–Trinajstić information content (AvgIpc) is 3.22. The normalized spacial score (nSPS) is 18.1. The number of hydrogen-bond donors (Lipinski definition) is 1. The van der Waals surface area contributed by atoms with E-state index in [1.54, 1.807) is 0 Å². The molecule has 1 amide bonds. The molecule has 2 aromatic rings. The molecule has 3 heterocycles. The fraction of sp³-hybridized carbons (Fsp3) is 0.632. The van der Waals surface area contributed by atoms with Crippen molar-refractivity contribution >= 4 is 5.91 Å². The monoisotopic (exact) mass is 343 g/mol. The zero-order valence-electron chi connectivity index (χ0n) is 15.5. The fourth-order valence-electron chi connectivity index (χ4n) is 3.71. The Morgan fingerprint density at radius 3 is 3.00 bits per heavy atom. The first kappa shape index (κ1) is 17.7. The number of amides is 1. The van der Waals surface area contributed by atoms with Crippen LogP contribution in [0.1, 0.15) is 56.1 Å². The fourth-order valence-corrected chi connectivity index (χ4v) is 3.71. The van der Waals surface area contributed by atoms with Crippen LogP contribution in [0, 0.1) is 12.8 Å². The van der Waals surface area contributed by atoms with Crippen LogP contribution in [-0.2, 0) is 17.8 Å². The van der Waals surface area contributed by atoms with Crippen molar-refractivity contribution in [3.63, 3.8) is 0 Å². The van der Waals surface area contributed by atoms with Crippen molar-refractivity contribution in [2.75, 3.05) is 13.1 Å². The van der Waals surface area contributed by atoms with E-state index in [1.807, 2.05) is 23.5 Å². The Hall–Kier alpha value is -2.11. The van der Waals surface area contributed by atoms with E-state index in [0.29, 0.717) is 24.8 Å². The third kappa shape index (κ3) is 4.30. The smallest absolute Gasteiger partial charge is 0.224 e. The molecule has 1 fully saturated rings. The lowest BCUT2D eigenvalue weighted by atomic mass is 9.92. The summed E-state index contributed by atoms with van der Waals surface area (Å²) >= 11 is 0. The van der Waals surface area contributed by atoms with Crippen LogP contribution in [0.4, 0.5) is 0 Å². The third-order valence-corrected chi connectivity index (χ3v) is 5.13. The second-order valence-electron chi connectivity index (χ2n) is 7.47. The SMILES string of the molecule is Cc1cn[nH]c1C[C@H]1CCCN(C(=O)CCn2ccnc2C(C)C)C1. The lowest BCUT2D eigenvalue weighted by molar-refractivity contribution is -0.133. The van der Waals surface area contributed by atoms with Gasteiger partial charge in [0.15, 0.2) is 0 Å². The van der Waals surface area contributed by atoms with E-state index in [0.717, 1.165) is 31.8 Å². The molecule has 1 aliphatic heterocycles. The number of piperidine rings is 1. The molecule has 0 aliphatic carbocycles. The summed E-state index contributed by atoms with van der Waals surface area (Å²) in [6.45, 7) is 8.81. The highest BCUT2D eigenvalue weighted by Crippen LogP contribution is 2.22. The van der Waals surface area contributed by atoms with Crippen LogP contribution in [0.5, 0.6) is 0 Å². The number of carbonyl (C=O) groups excluding carboxylic acids is 1. The number of aromatic nitrogens is 4. The summed E-state index contributed by atoms with van der Waals surface area (Å²) in [6.07, 6.45) is 9.47. The van der Waals surface area contributed by atoms with Gasteiger partial charge in [-0.1, -0.05) is 13.8 Å². The number of H-pyrrole nitrogens is 1. The number of carbonyl (C=O) groups is 1. The number of imidazole rings is 1. The van der Waals surface area contributed by atoms with E-state index in [-0.39, 0.29) is 5.91 Å². The van der Waals surface area contributed by atoms with E-state index >= 15 is 0 Å². The molecule has 6 nitrogen and oxygen atoms in total. The zero-order chi connectivity index (χ0) is 17.8. The second kappa shape index (κ2) is 7.85. The molecular formula is C19H29N5O. The van der Waals surface area contributed by atoms with E-state index in [9.17, 15) is 4.79 Å². The molecule has 25 heavy (non-hydrogen) atoms. The Bertz CT molecular complexity index is 702. The molecule has 1 saturated heterocycles. The third-order valence-electron chi connectivity index (χ3n) is 5.13. The standard InChI is InChI=1S/C19H29N5O/c1-14(2)19-20-7-10-23(19)9-6-18(25)24-8-4-5-16(13-24)11-17-15(3)12-21-22-17/h7,10,12,14,16H,4-6,8-9,11,13H2,1-3H3,(H,21,22)/t16-/m1/s1. The van der Waals surface area contributed by atoms with Gasteiger partial charge in [0.25, 0.3) is 0 Å². The molecule has 0 radical (unpaired) electrons. The number of hydrogen-bond acceptors (Lipinski definition) is 3. The summed E-state index contributed by atoms with van der Waals surface area (Å²) < 4.78 is 2.11. The Morgan fingerprint density at radius 2 is 2.28 bits per heavy atom. The molecule has 0 aromatic carbocycles. The summed E-state index contributed by atoms with van der Waals surface area (Å²) in [4.78, 5) is 19.1. The van der Waals surface area contributed by atoms with Crippen molar-refractivity contribution in [1.29, 1.82) is 0 Å². The van der Waals surface area contributed by atoms with Gasteiger partial charge in [0.2, 0.25) is 5.91 Å². The summed E-state index contributed by atoms with van der Waals surface area (Å²) in [5.41, 5.74) is 2.42. The van der Waals surface area contributed by atoms with Crippen LogP contribution < -0.4 is 0 Å². The van der Waals surface area contributed by atoms with Crippen LogP contribution in [0.3, 0.4) is 0 Å². The van der Waals surface area contributed by atoms with Crippen molar-refractivity contribution in [3.8, 4) is 0 Å². The number of nitrogens with zero attached hydrogens (tertiary/aromatic N) is 4. The molecule has 2 aromatic heterocycles. The molecule has 3 rings (SSSR count). The van der Waals surface area contributed by atoms with Crippen molar-refractivity contribution in [1.82, 2.24) is 24.6 Å². The van der Waals surface area contributed by atoms with Crippen LogP contribution in [0.25, 0.3) is 0 Å². The van der Waals surface area contributed by atoms with Gasteiger partial charge in [0.1, 0.15) is 5.82 Å². The molecule has 0 saturated carbocycles. The van der Waals surface area contributed by atoms with Gasteiger partial charge < -0.3 is 9.47 Å². The van der Waals surface area contributed by atoms with Gasteiger partial charge in [-0.3, -0.25) is 9.89 Å². The van der Waals surface area contributed by atoms with Crippen molar-refractivity contribution in [2.24, 2.45) is 5.92 Å². The highest BCUT2D eigenvalue weighted by atomic mass is 16.2. The topological polar surface area (TPSA) is 66.8 Å². The van der Waals surface area contributed by atoms with E-state index in [1.165, 1.54) is 17.7 Å². The minimum atomic E-state index is 0.259. The van der Waals surface area contributed by atoms with Gasteiger partial charge in [-0.15, -0.1) is 0 Å². The predicted octanol–water partition coefficient (Wildman–Crippen LogP) is 2.91. The number of aryl methyl sites for hydroxylation is 2. The van der Waals surface area contributed by atoms with Crippen LogP contribution in [-0.4, -0.2) is 43.6 Å².